The summed E-state index contributed by atoms with van der Waals surface area (Å²) in [6.07, 6.45) is 4.06. The highest BCUT2D eigenvalue weighted by Crippen LogP contribution is 2.40. The first-order valence-corrected chi connectivity index (χ1v) is 5.07. The minimum atomic E-state index is 0.126. The molecule has 1 saturated heterocycles. The van der Waals surface area contributed by atoms with E-state index in [0.717, 1.165) is 19.4 Å². The van der Waals surface area contributed by atoms with Crippen LogP contribution in [0.2, 0.25) is 0 Å². The molecule has 0 spiro atoms. The van der Waals surface area contributed by atoms with E-state index in [1.165, 1.54) is 6.42 Å². The number of nitrogens with zero attached hydrogens (tertiary/aromatic N) is 1. The molecule has 3 heteroatoms. The summed E-state index contributed by atoms with van der Waals surface area (Å²) in [6.45, 7) is 3.08. The smallest absolute Gasteiger partial charge is 0.223 e. The summed E-state index contributed by atoms with van der Waals surface area (Å²) in [4.78, 5) is 13.6. The van der Waals surface area contributed by atoms with E-state index in [1.807, 2.05) is 4.90 Å². The number of carbonyl (C=O) groups is 1. The molecule has 1 heterocycles. The molecule has 1 aliphatic heterocycles. The standard InChI is InChI=1S/C10H17NO2/c1-10(3-2-4-10)11-6-8(7-12)5-9(11)13/h8,12H,2-7H2,1H3. The number of carbonyl (C=O) groups excluding carboxylic acids is 1. The van der Waals surface area contributed by atoms with Gasteiger partial charge in [-0.15, -0.1) is 0 Å². The fraction of sp³-hybridized carbons (Fsp3) is 0.900. The summed E-state index contributed by atoms with van der Waals surface area (Å²) >= 11 is 0. The van der Waals surface area contributed by atoms with Crippen LogP contribution in [0.5, 0.6) is 0 Å². The lowest BCUT2D eigenvalue weighted by molar-refractivity contribution is -0.135. The van der Waals surface area contributed by atoms with Crippen LogP contribution in [-0.2, 0) is 4.79 Å². The van der Waals surface area contributed by atoms with E-state index >= 15 is 0 Å². The largest absolute Gasteiger partial charge is 0.396 e. The zero-order valence-corrected chi connectivity index (χ0v) is 8.12. The number of amides is 1. The minimum Gasteiger partial charge on any atom is -0.396 e. The van der Waals surface area contributed by atoms with Crippen molar-refractivity contribution in [3.05, 3.63) is 0 Å². The predicted octanol–water partition coefficient (Wildman–Crippen LogP) is 0.770. The third kappa shape index (κ3) is 1.35. The lowest BCUT2D eigenvalue weighted by atomic mass is 9.77. The summed E-state index contributed by atoms with van der Waals surface area (Å²) in [5.41, 5.74) is 0.126. The molecule has 0 aromatic rings. The fourth-order valence-corrected chi connectivity index (χ4v) is 2.38. The molecular formula is C10H17NO2. The first kappa shape index (κ1) is 9.00. The van der Waals surface area contributed by atoms with Crippen LogP contribution < -0.4 is 0 Å². The van der Waals surface area contributed by atoms with Crippen LogP contribution in [0.25, 0.3) is 0 Å². The maximum absolute atomic E-state index is 11.6. The molecule has 74 valence electrons. The van der Waals surface area contributed by atoms with Gasteiger partial charge in [-0.25, -0.2) is 0 Å². The van der Waals surface area contributed by atoms with Gasteiger partial charge in [0, 0.05) is 31.0 Å². The molecule has 1 aliphatic carbocycles. The van der Waals surface area contributed by atoms with E-state index in [1.54, 1.807) is 0 Å². The lowest BCUT2D eigenvalue weighted by Crippen LogP contribution is -2.52. The Morgan fingerprint density at radius 1 is 1.62 bits per heavy atom. The van der Waals surface area contributed by atoms with E-state index in [-0.39, 0.29) is 24.0 Å². The Labute approximate surface area is 78.7 Å². The maximum atomic E-state index is 11.6. The van der Waals surface area contributed by atoms with Crippen LogP contribution in [0.3, 0.4) is 0 Å². The van der Waals surface area contributed by atoms with Crippen molar-refractivity contribution in [1.82, 2.24) is 4.90 Å². The summed E-state index contributed by atoms with van der Waals surface area (Å²) in [6, 6.07) is 0. The molecule has 1 unspecified atom stereocenters. The highest BCUT2D eigenvalue weighted by Gasteiger charge is 2.44. The summed E-state index contributed by atoms with van der Waals surface area (Å²) in [5, 5.41) is 8.98. The van der Waals surface area contributed by atoms with Crippen LogP contribution in [-0.4, -0.2) is 34.6 Å². The molecule has 13 heavy (non-hydrogen) atoms. The first-order chi connectivity index (χ1) is 6.15. The van der Waals surface area contributed by atoms with Gasteiger partial charge in [0.2, 0.25) is 5.91 Å². The molecule has 1 amide bonds. The highest BCUT2D eigenvalue weighted by atomic mass is 16.3. The molecule has 1 atom stereocenters. The number of aliphatic hydroxyl groups excluding tert-OH is 1. The third-order valence-corrected chi connectivity index (χ3v) is 3.55. The van der Waals surface area contributed by atoms with Crippen LogP contribution in [0.15, 0.2) is 0 Å². The second-order valence-electron chi connectivity index (χ2n) is 4.61. The number of hydrogen-bond acceptors (Lipinski definition) is 2. The molecule has 1 saturated carbocycles. The predicted molar refractivity (Wildman–Crippen MR) is 49.2 cm³/mol. The molecule has 3 nitrogen and oxygen atoms in total. The third-order valence-electron chi connectivity index (χ3n) is 3.55. The van der Waals surface area contributed by atoms with E-state index < -0.39 is 0 Å². The second kappa shape index (κ2) is 2.98. The molecular weight excluding hydrogens is 166 g/mol. The quantitative estimate of drug-likeness (QED) is 0.687. The maximum Gasteiger partial charge on any atom is 0.223 e. The average molecular weight is 183 g/mol. The first-order valence-electron chi connectivity index (χ1n) is 5.07. The van der Waals surface area contributed by atoms with Crippen molar-refractivity contribution in [2.45, 2.75) is 38.1 Å². The number of hydrogen-bond donors (Lipinski definition) is 1. The Morgan fingerprint density at radius 2 is 2.31 bits per heavy atom. The Bertz CT molecular complexity index is 223. The van der Waals surface area contributed by atoms with Gasteiger partial charge in [-0.05, 0) is 26.2 Å². The van der Waals surface area contributed by atoms with E-state index in [4.69, 9.17) is 5.11 Å². The Morgan fingerprint density at radius 3 is 2.69 bits per heavy atom. The normalized spacial score (nSPS) is 32.0. The van der Waals surface area contributed by atoms with Gasteiger partial charge < -0.3 is 10.0 Å². The van der Waals surface area contributed by atoms with Crippen molar-refractivity contribution in [3.8, 4) is 0 Å². The molecule has 2 rings (SSSR count). The van der Waals surface area contributed by atoms with Crippen molar-refractivity contribution < 1.29 is 9.90 Å². The van der Waals surface area contributed by atoms with Gasteiger partial charge in [0.05, 0.1) is 0 Å². The van der Waals surface area contributed by atoms with Crippen molar-refractivity contribution in [1.29, 1.82) is 0 Å². The van der Waals surface area contributed by atoms with E-state index in [0.29, 0.717) is 6.42 Å². The van der Waals surface area contributed by atoms with Crippen LogP contribution in [0.4, 0.5) is 0 Å². The van der Waals surface area contributed by atoms with Gasteiger partial charge in [-0.2, -0.15) is 0 Å². The SMILES string of the molecule is CC1(N2CC(CO)CC2=O)CCC1. The molecule has 0 bridgehead atoms. The van der Waals surface area contributed by atoms with Crippen molar-refractivity contribution in [3.63, 3.8) is 0 Å². The Hall–Kier alpha value is -0.570. The zero-order valence-electron chi connectivity index (χ0n) is 8.12. The summed E-state index contributed by atoms with van der Waals surface area (Å²) < 4.78 is 0. The fourth-order valence-electron chi connectivity index (χ4n) is 2.38. The molecule has 2 fully saturated rings. The zero-order chi connectivity index (χ0) is 9.47. The van der Waals surface area contributed by atoms with Crippen molar-refractivity contribution in [2.75, 3.05) is 13.2 Å². The average Bonchev–Trinajstić information content (AvgIpc) is 2.43. The Kier molecular flexibility index (Phi) is 2.06. The van der Waals surface area contributed by atoms with Gasteiger partial charge >= 0.3 is 0 Å². The molecule has 0 radical (unpaired) electrons. The van der Waals surface area contributed by atoms with Gasteiger partial charge in [0.25, 0.3) is 0 Å². The summed E-state index contributed by atoms with van der Waals surface area (Å²) in [5.74, 6) is 0.422. The molecule has 1 N–H and O–H groups in total. The topological polar surface area (TPSA) is 40.5 Å². The van der Waals surface area contributed by atoms with Gasteiger partial charge in [0.1, 0.15) is 0 Å². The van der Waals surface area contributed by atoms with Gasteiger partial charge in [-0.3, -0.25) is 4.79 Å². The molecule has 2 aliphatic rings. The van der Waals surface area contributed by atoms with Gasteiger partial charge in [0.15, 0.2) is 0 Å². The van der Waals surface area contributed by atoms with Crippen LogP contribution in [0, 0.1) is 5.92 Å². The minimum absolute atomic E-state index is 0.126. The number of aliphatic hydroxyl groups is 1. The summed E-state index contributed by atoms with van der Waals surface area (Å²) in [7, 11) is 0. The highest BCUT2D eigenvalue weighted by molar-refractivity contribution is 5.79. The van der Waals surface area contributed by atoms with Crippen molar-refractivity contribution >= 4 is 5.91 Å². The van der Waals surface area contributed by atoms with Gasteiger partial charge in [-0.1, -0.05) is 0 Å². The number of rotatable bonds is 2. The molecule has 0 aromatic heterocycles. The second-order valence-corrected chi connectivity index (χ2v) is 4.61. The monoisotopic (exact) mass is 183 g/mol. The number of likely N-dealkylation sites (tertiary alicyclic amines) is 1. The van der Waals surface area contributed by atoms with E-state index in [2.05, 4.69) is 6.92 Å². The Balaban J connectivity index is 2.04. The van der Waals surface area contributed by atoms with Crippen LogP contribution in [0.1, 0.15) is 32.6 Å². The lowest BCUT2D eigenvalue weighted by Gasteiger charge is -2.46. The van der Waals surface area contributed by atoms with E-state index in [9.17, 15) is 4.79 Å². The van der Waals surface area contributed by atoms with Crippen LogP contribution >= 0.6 is 0 Å². The molecule has 0 aromatic carbocycles. The van der Waals surface area contributed by atoms with Crippen molar-refractivity contribution in [2.24, 2.45) is 5.92 Å².